The van der Waals surface area contributed by atoms with Crippen LogP contribution >= 0.6 is 0 Å². The zero-order chi connectivity index (χ0) is 19.1. The number of piperidine rings is 1. The number of aryl methyl sites for hydroxylation is 1. The topological polar surface area (TPSA) is 75.7 Å². The van der Waals surface area contributed by atoms with Gasteiger partial charge in [0.25, 0.3) is 0 Å². The van der Waals surface area contributed by atoms with Crippen molar-refractivity contribution in [1.82, 2.24) is 10.2 Å². The summed E-state index contributed by atoms with van der Waals surface area (Å²) in [5, 5.41) is 2.86. The summed E-state index contributed by atoms with van der Waals surface area (Å²) >= 11 is 0. The van der Waals surface area contributed by atoms with Gasteiger partial charge in [-0.2, -0.15) is 0 Å². The van der Waals surface area contributed by atoms with E-state index < -0.39 is 0 Å². The standard InChI is InChI=1S/C20H28N2O4/c1-4-26-20(25)17-6-5-11-22(13-17)19(24)12-18(21-15(3)23)16-9-7-14(2)8-10-16/h7-10,17-18H,4-6,11-13H2,1-3H3,(H,21,23)/t17-,18-/m0/s1. The van der Waals surface area contributed by atoms with Crippen molar-refractivity contribution >= 4 is 17.8 Å². The van der Waals surface area contributed by atoms with Crippen molar-refractivity contribution < 1.29 is 19.1 Å². The maximum Gasteiger partial charge on any atom is 0.310 e. The van der Waals surface area contributed by atoms with Crippen LogP contribution in [0.25, 0.3) is 0 Å². The van der Waals surface area contributed by atoms with Gasteiger partial charge in [0, 0.05) is 20.0 Å². The number of hydrogen-bond acceptors (Lipinski definition) is 4. The number of benzene rings is 1. The SMILES string of the molecule is CCOC(=O)[C@H]1CCCN(C(=O)C[C@H](NC(C)=O)c2ccc(C)cc2)C1. The van der Waals surface area contributed by atoms with Gasteiger partial charge < -0.3 is 15.0 Å². The predicted molar refractivity (Wildman–Crippen MR) is 98.3 cm³/mol. The number of carbonyl (C=O) groups excluding carboxylic acids is 3. The third kappa shape index (κ3) is 5.58. The molecule has 2 rings (SSSR count). The van der Waals surface area contributed by atoms with E-state index >= 15 is 0 Å². The molecule has 0 saturated carbocycles. The van der Waals surface area contributed by atoms with Crippen LogP contribution in [0.15, 0.2) is 24.3 Å². The molecule has 1 fully saturated rings. The van der Waals surface area contributed by atoms with Crippen LogP contribution < -0.4 is 5.32 Å². The molecule has 1 aliphatic rings. The third-order valence-electron chi connectivity index (χ3n) is 4.63. The summed E-state index contributed by atoms with van der Waals surface area (Å²) in [6.07, 6.45) is 1.71. The lowest BCUT2D eigenvalue weighted by molar-refractivity contribution is -0.151. The van der Waals surface area contributed by atoms with Crippen LogP contribution in [0.1, 0.15) is 50.3 Å². The predicted octanol–water partition coefficient (Wildman–Crippen LogP) is 2.36. The van der Waals surface area contributed by atoms with E-state index in [2.05, 4.69) is 5.32 Å². The van der Waals surface area contributed by atoms with Crippen LogP contribution in [0.5, 0.6) is 0 Å². The Balaban J connectivity index is 2.04. The first-order chi connectivity index (χ1) is 12.4. The lowest BCUT2D eigenvalue weighted by Crippen LogP contribution is -2.44. The molecule has 0 spiro atoms. The molecule has 0 bridgehead atoms. The molecular formula is C20H28N2O4. The van der Waals surface area contributed by atoms with Gasteiger partial charge >= 0.3 is 5.97 Å². The van der Waals surface area contributed by atoms with E-state index in [0.717, 1.165) is 24.0 Å². The highest BCUT2D eigenvalue weighted by Gasteiger charge is 2.30. The van der Waals surface area contributed by atoms with Crippen molar-refractivity contribution in [2.75, 3.05) is 19.7 Å². The van der Waals surface area contributed by atoms with Gasteiger partial charge in [-0.05, 0) is 32.3 Å². The molecule has 1 aromatic rings. The summed E-state index contributed by atoms with van der Waals surface area (Å²) in [6.45, 7) is 6.59. The van der Waals surface area contributed by atoms with E-state index in [-0.39, 0.29) is 36.2 Å². The van der Waals surface area contributed by atoms with E-state index in [9.17, 15) is 14.4 Å². The molecular weight excluding hydrogens is 332 g/mol. The minimum atomic E-state index is -0.372. The molecule has 0 aromatic heterocycles. The van der Waals surface area contributed by atoms with E-state index in [0.29, 0.717) is 19.7 Å². The van der Waals surface area contributed by atoms with Gasteiger partial charge in [-0.1, -0.05) is 29.8 Å². The second-order valence-corrected chi connectivity index (χ2v) is 6.80. The van der Waals surface area contributed by atoms with Gasteiger partial charge in [0.15, 0.2) is 0 Å². The van der Waals surface area contributed by atoms with E-state index in [4.69, 9.17) is 4.74 Å². The summed E-state index contributed by atoms with van der Waals surface area (Å²) in [7, 11) is 0. The third-order valence-corrected chi connectivity index (χ3v) is 4.63. The average molecular weight is 360 g/mol. The molecule has 2 atom stereocenters. The largest absolute Gasteiger partial charge is 0.466 e. The summed E-state index contributed by atoms with van der Waals surface area (Å²) in [6, 6.07) is 7.42. The highest BCUT2D eigenvalue weighted by Crippen LogP contribution is 2.23. The second-order valence-electron chi connectivity index (χ2n) is 6.80. The zero-order valence-corrected chi connectivity index (χ0v) is 15.8. The van der Waals surface area contributed by atoms with Crippen LogP contribution in [0.4, 0.5) is 0 Å². The van der Waals surface area contributed by atoms with Crippen LogP contribution in [0, 0.1) is 12.8 Å². The average Bonchev–Trinajstić information content (AvgIpc) is 2.61. The van der Waals surface area contributed by atoms with E-state index in [1.165, 1.54) is 6.92 Å². The fraction of sp³-hybridized carbons (Fsp3) is 0.550. The zero-order valence-electron chi connectivity index (χ0n) is 15.8. The van der Waals surface area contributed by atoms with Crippen molar-refractivity contribution in [2.24, 2.45) is 5.92 Å². The summed E-state index contributed by atoms with van der Waals surface area (Å²) < 4.78 is 5.09. The van der Waals surface area contributed by atoms with Gasteiger partial charge in [0.1, 0.15) is 0 Å². The fourth-order valence-corrected chi connectivity index (χ4v) is 3.26. The van der Waals surface area contributed by atoms with Gasteiger partial charge in [0.2, 0.25) is 11.8 Å². The Labute approximate surface area is 154 Å². The Morgan fingerprint density at radius 1 is 1.27 bits per heavy atom. The number of rotatable bonds is 6. The lowest BCUT2D eigenvalue weighted by atomic mass is 9.96. The Morgan fingerprint density at radius 2 is 1.96 bits per heavy atom. The summed E-state index contributed by atoms with van der Waals surface area (Å²) in [5.41, 5.74) is 2.02. The molecule has 2 amide bonds. The normalized spacial score (nSPS) is 18.1. The van der Waals surface area contributed by atoms with Gasteiger partial charge in [-0.15, -0.1) is 0 Å². The first-order valence-electron chi connectivity index (χ1n) is 9.18. The fourth-order valence-electron chi connectivity index (χ4n) is 3.26. The molecule has 1 N–H and O–H groups in total. The van der Waals surface area contributed by atoms with Crippen molar-refractivity contribution in [2.45, 2.75) is 46.1 Å². The van der Waals surface area contributed by atoms with E-state index in [1.807, 2.05) is 31.2 Å². The number of esters is 1. The Kier molecular flexibility index (Phi) is 7.18. The number of ether oxygens (including phenoxy) is 1. The molecule has 0 unspecified atom stereocenters. The Hall–Kier alpha value is -2.37. The number of carbonyl (C=O) groups is 3. The molecule has 1 saturated heterocycles. The molecule has 142 valence electrons. The molecule has 26 heavy (non-hydrogen) atoms. The van der Waals surface area contributed by atoms with Gasteiger partial charge in [-0.25, -0.2) is 0 Å². The molecule has 6 heteroatoms. The monoisotopic (exact) mass is 360 g/mol. The lowest BCUT2D eigenvalue weighted by Gasteiger charge is -2.32. The summed E-state index contributed by atoms with van der Waals surface area (Å²) in [5.74, 6) is -0.724. The molecule has 1 heterocycles. The van der Waals surface area contributed by atoms with Crippen molar-refractivity contribution in [3.8, 4) is 0 Å². The first-order valence-corrected chi connectivity index (χ1v) is 9.18. The Morgan fingerprint density at radius 3 is 2.58 bits per heavy atom. The highest BCUT2D eigenvalue weighted by molar-refractivity contribution is 5.80. The van der Waals surface area contributed by atoms with Crippen LogP contribution in [0.2, 0.25) is 0 Å². The number of nitrogens with one attached hydrogen (secondary N) is 1. The minimum absolute atomic E-state index is 0.0571. The summed E-state index contributed by atoms with van der Waals surface area (Å²) in [4.78, 5) is 38.0. The van der Waals surface area contributed by atoms with E-state index in [1.54, 1.807) is 11.8 Å². The minimum Gasteiger partial charge on any atom is -0.466 e. The molecule has 1 aliphatic heterocycles. The van der Waals surface area contributed by atoms with Crippen LogP contribution in [-0.4, -0.2) is 42.4 Å². The molecule has 1 aromatic carbocycles. The number of hydrogen-bond donors (Lipinski definition) is 1. The first kappa shape index (κ1) is 19.9. The Bertz CT molecular complexity index is 642. The number of amides is 2. The second kappa shape index (κ2) is 9.36. The smallest absolute Gasteiger partial charge is 0.310 e. The maximum absolute atomic E-state index is 12.8. The van der Waals surface area contributed by atoms with Gasteiger partial charge in [0.05, 0.1) is 25.0 Å². The maximum atomic E-state index is 12.8. The quantitative estimate of drug-likeness (QED) is 0.790. The van der Waals surface area contributed by atoms with Crippen LogP contribution in [-0.2, 0) is 19.1 Å². The van der Waals surface area contributed by atoms with Crippen molar-refractivity contribution in [3.05, 3.63) is 35.4 Å². The number of nitrogens with zero attached hydrogens (tertiary/aromatic N) is 1. The van der Waals surface area contributed by atoms with Gasteiger partial charge in [-0.3, -0.25) is 14.4 Å². The number of likely N-dealkylation sites (tertiary alicyclic amines) is 1. The highest BCUT2D eigenvalue weighted by atomic mass is 16.5. The van der Waals surface area contributed by atoms with Crippen LogP contribution in [0.3, 0.4) is 0 Å². The van der Waals surface area contributed by atoms with Crippen molar-refractivity contribution in [3.63, 3.8) is 0 Å². The van der Waals surface area contributed by atoms with Crippen molar-refractivity contribution in [1.29, 1.82) is 0 Å². The molecule has 6 nitrogen and oxygen atoms in total. The molecule has 0 aliphatic carbocycles. The molecule has 0 radical (unpaired) electrons.